The van der Waals surface area contributed by atoms with Gasteiger partial charge >= 0.3 is 0 Å². The molecule has 1 aromatic rings. The third-order valence-corrected chi connectivity index (χ3v) is 5.09. The normalized spacial score (nSPS) is 23.0. The van der Waals surface area contributed by atoms with E-state index >= 15 is 0 Å². The lowest BCUT2D eigenvalue weighted by Gasteiger charge is -2.22. The lowest BCUT2D eigenvalue weighted by molar-refractivity contribution is 0.309. The molecule has 1 unspecified atom stereocenters. The zero-order chi connectivity index (χ0) is 12.2. The van der Waals surface area contributed by atoms with Gasteiger partial charge in [-0.3, -0.25) is 0 Å². The molecule has 2 heterocycles. The summed E-state index contributed by atoms with van der Waals surface area (Å²) in [4.78, 5) is 0. The summed E-state index contributed by atoms with van der Waals surface area (Å²) < 4.78 is 5.96. The number of hydrogen-bond acceptors (Lipinski definition) is 3. The topological polar surface area (TPSA) is 21.3 Å². The Hall–Kier alpha value is -0.830. The lowest BCUT2D eigenvalue weighted by Crippen LogP contribution is -2.18. The van der Waals surface area contributed by atoms with Gasteiger partial charge in [0.1, 0.15) is 12.4 Å². The third kappa shape index (κ3) is 2.94. The molecule has 1 fully saturated rings. The first-order valence-electron chi connectivity index (χ1n) is 7.03. The smallest absolute Gasteiger partial charge is 0.119 e. The first kappa shape index (κ1) is 12.2. The van der Waals surface area contributed by atoms with E-state index in [0.717, 1.165) is 18.9 Å². The summed E-state index contributed by atoms with van der Waals surface area (Å²) in [5.41, 5.74) is 2.70. The quantitative estimate of drug-likeness (QED) is 0.898. The summed E-state index contributed by atoms with van der Waals surface area (Å²) in [7, 11) is 0. The molecule has 0 aliphatic carbocycles. The molecule has 2 nitrogen and oxygen atoms in total. The number of aryl methyl sites for hydroxylation is 1. The summed E-state index contributed by atoms with van der Waals surface area (Å²) >= 11 is 2.07. The van der Waals surface area contributed by atoms with E-state index in [2.05, 4.69) is 35.3 Å². The minimum atomic E-state index is 0.702. The van der Waals surface area contributed by atoms with Crippen molar-refractivity contribution in [3.63, 3.8) is 0 Å². The monoisotopic (exact) mass is 263 g/mol. The first-order chi connectivity index (χ1) is 8.92. The second-order valence-corrected chi connectivity index (χ2v) is 6.56. The summed E-state index contributed by atoms with van der Waals surface area (Å²) in [5.74, 6) is 2.35. The Kier molecular flexibility index (Phi) is 3.99. The van der Waals surface area contributed by atoms with Crippen LogP contribution < -0.4 is 10.1 Å². The Labute approximate surface area is 113 Å². The molecular weight excluding hydrogens is 242 g/mol. The van der Waals surface area contributed by atoms with Gasteiger partial charge in [-0.25, -0.2) is 0 Å². The minimum absolute atomic E-state index is 0.702. The number of nitrogens with one attached hydrogen (secondary N) is 1. The predicted octanol–water partition coefficient (Wildman–Crippen LogP) is 3.71. The van der Waals surface area contributed by atoms with Crippen LogP contribution in [0.4, 0.5) is 5.69 Å². The highest BCUT2D eigenvalue weighted by atomic mass is 32.2. The Bertz CT molecular complexity index is 401. The maximum atomic E-state index is 5.96. The van der Waals surface area contributed by atoms with Crippen LogP contribution in [0.1, 0.15) is 31.2 Å². The van der Waals surface area contributed by atoms with Gasteiger partial charge < -0.3 is 10.1 Å². The van der Waals surface area contributed by atoms with E-state index in [-0.39, 0.29) is 0 Å². The maximum absolute atomic E-state index is 5.96. The first-order valence-corrected chi connectivity index (χ1v) is 8.08. The van der Waals surface area contributed by atoms with Gasteiger partial charge in [-0.05, 0) is 55.2 Å². The molecule has 0 saturated carbocycles. The highest BCUT2D eigenvalue weighted by Crippen LogP contribution is 2.28. The molecule has 2 aliphatic heterocycles. The summed E-state index contributed by atoms with van der Waals surface area (Å²) in [6.45, 7) is 1.97. The molecule has 0 amide bonds. The molecule has 0 bridgehead atoms. The molecular formula is C15H21NOS. The van der Waals surface area contributed by atoms with E-state index in [9.17, 15) is 0 Å². The Balaban J connectivity index is 1.58. The fourth-order valence-corrected chi connectivity index (χ4v) is 3.87. The predicted molar refractivity (Wildman–Crippen MR) is 78.8 cm³/mol. The largest absolute Gasteiger partial charge is 0.492 e. The summed E-state index contributed by atoms with van der Waals surface area (Å²) in [5, 5.41) is 4.14. The van der Waals surface area contributed by atoms with Crippen molar-refractivity contribution < 1.29 is 4.74 Å². The van der Waals surface area contributed by atoms with Crippen LogP contribution in [0, 0.1) is 0 Å². The molecule has 1 atom stereocenters. The molecule has 0 spiro atoms. The number of thioether (sulfide) groups is 1. The summed E-state index contributed by atoms with van der Waals surface area (Å²) in [6.07, 6.45) is 6.48. The number of benzene rings is 1. The fraction of sp³-hybridized carbons (Fsp3) is 0.600. The van der Waals surface area contributed by atoms with Crippen molar-refractivity contribution in [3.05, 3.63) is 23.8 Å². The van der Waals surface area contributed by atoms with Gasteiger partial charge in [0, 0.05) is 17.5 Å². The van der Waals surface area contributed by atoms with Crippen molar-refractivity contribution >= 4 is 17.4 Å². The Morgan fingerprint density at radius 1 is 1.28 bits per heavy atom. The SMILES string of the molecule is c1cc2c(cc1OCC1CCCCS1)CCCN2. The summed E-state index contributed by atoms with van der Waals surface area (Å²) in [6, 6.07) is 6.48. The van der Waals surface area contributed by atoms with E-state index in [4.69, 9.17) is 4.74 Å². The van der Waals surface area contributed by atoms with E-state index in [1.54, 1.807) is 0 Å². The van der Waals surface area contributed by atoms with Crippen LogP contribution in [0.25, 0.3) is 0 Å². The van der Waals surface area contributed by atoms with Crippen LogP contribution in [0.2, 0.25) is 0 Å². The lowest BCUT2D eigenvalue weighted by atomic mass is 10.0. The molecule has 3 rings (SSSR count). The molecule has 1 aromatic carbocycles. The van der Waals surface area contributed by atoms with E-state index in [0.29, 0.717) is 5.25 Å². The number of ether oxygens (including phenoxy) is 1. The number of fused-ring (bicyclic) bond motifs is 1. The highest BCUT2D eigenvalue weighted by molar-refractivity contribution is 7.99. The second kappa shape index (κ2) is 5.87. The van der Waals surface area contributed by atoms with Crippen LogP contribution in [0.5, 0.6) is 5.75 Å². The molecule has 3 heteroatoms. The Morgan fingerprint density at radius 3 is 3.17 bits per heavy atom. The van der Waals surface area contributed by atoms with Crippen LogP contribution in [0.3, 0.4) is 0 Å². The average molecular weight is 263 g/mol. The second-order valence-electron chi connectivity index (χ2n) is 5.15. The van der Waals surface area contributed by atoms with Gasteiger partial charge in [-0.2, -0.15) is 11.8 Å². The van der Waals surface area contributed by atoms with E-state index in [1.807, 2.05) is 0 Å². The minimum Gasteiger partial charge on any atom is -0.492 e. The molecule has 0 radical (unpaired) electrons. The average Bonchev–Trinajstić information content (AvgIpc) is 2.46. The Morgan fingerprint density at radius 2 is 2.28 bits per heavy atom. The number of anilines is 1. The van der Waals surface area contributed by atoms with Crippen LogP contribution >= 0.6 is 11.8 Å². The van der Waals surface area contributed by atoms with E-state index < -0.39 is 0 Å². The molecule has 18 heavy (non-hydrogen) atoms. The maximum Gasteiger partial charge on any atom is 0.119 e. The van der Waals surface area contributed by atoms with Crippen molar-refractivity contribution in [2.45, 2.75) is 37.4 Å². The molecule has 98 valence electrons. The zero-order valence-corrected chi connectivity index (χ0v) is 11.6. The van der Waals surface area contributed by atoms with Crippen LogP contribution in [0.15, 0.2) is 18.2 Å². The van der Waals surface area contributed by atoms with Crippen molar-refractivity contribution in [1.29, 1.82) is 0 Å². The van der Waals surface area contributed by atoms with Crippen LogP contribution in [-0.4, -0.2) is 24.2 Å². The molecule has 2 aliphatic rings. The number of hydrogen-bond donors (Lipinski definition) is 1. The third-order valence-electron chi connectivity index (χ3n) is 3.72. The van der Waals surface area contributed by atoms with Crippen molar-refractivity contribution in [2.75, 3.05) is 24.2 Å². The van der Waals surface area contributed by atoms with Crippen molar-refractivity contribution in [2.24, 2.45) is 0 Å². The van der Waals surface area contributed by atoms with Crippen LogP contribution in [-0.2, 0) is 6.42 Å². The van der Waals surface area contributed by atoms with Gasteiger partial charge in [-0.1, -0.05) is 6.42 Å². The van der Waals surface area contributed by atoms with Gasteiger partial charge in [0.05, 0.1) is 0 Å². The highest BCUT2D eigenvalue weighted by Gasteiger charge is 2.15. The fourth-order valence-electron chi connectivity index (χ4n) is 2.67. The molecule has 1 saturated heterocycles. The van der Waals surface area contributed by atoms with Gasteiger partial charge in [0.25, 0.3) is 0 Å². The van der Waals surface area contributed by atoms with Gasteiger partial charge in [-0.15, -0.1) is 0 Å². The molecule has 1 N–H and O–H groups in total. The van der Waals surface area contributed by atoms with Gasteiger partial charge in [0.2, 0.25) is 0 Å². The van der Waals surface area contributed by atoms with Gasteiger partial charge in [0.15, 0.2) is 0 Å². The zero-order valence-electron chi connectivity index (χ0n) is 10.8. The standard InChI is InChI=1S/C15H21NOS/c1-2-9-18-14(5-1)11-17-13-6-7-15-12(10-13)4-3-8-16-15/h6-7,10,14,16H,1-5,8-9,11H2. The number of rotatable bonds is 3. The molecule has 0 aromatic heterocycles. The van der Waals surface area contributed by atoms with Crippen molar-refractivity contribution in [3.8, 4) is 5.75 Å². The van der Waals surface area contributed by atoms with Crippen molar-refractivity contribution in [1.82, 2.24) is 0 Å². The van der Waals surface area contributed by atoms with E-state index in [1.165, 1.54) is 49.1 Å².